The number of ether oxygens (including phenoxy) is 1. The first-order valence-corrected chi connectivity index (χ1v) is 13.0. The highest BCUT2D eigenvalue weighted by molar-refractivity contribution is 8.26. The molecule has 5 nitrogen and oxygen atoms in total. The fourth-order valence-corrected chi connectivity index (χ4v) is 5.35. The Kier molecular flexibility index (Phi) is 7.35. The highest BCUT2D eigenvalue weighted by atomic mass is 32.2. The molecule has 1 saturated heterocycles. The Morgan fingerprint density at radius 3 is 2.49 bits per heavy atom. The van der Waals surface area contributed by atoms with E-state index in [0.717, 1.165) is 39.4 Å². The first kappa shape index (κ1) is 24.7. The van der Waals surface area contributed by atoms with E-state index in [-0.39, 0.29) is 5.91 Å². The van der Waals surface area contributed by atoms with Gasteiger partial charge in [-0.3, -0.25) is 9.69 Å². The maximum absolute atomic E-state index is 13.4. The van der Waals surface area contributed by atoms with Gasteiger partial charge in [-0.1, -0.05) is 85.2 Å². The van der Waals surface area contributed by atoms with Crippen molar-refractivity contribution in [1.29, 1.82) is 0 Å². The smallest absolute Gasteiger partial charge is 0.266 e. The zero-order valence-corrected chi connectivity index (χ0v) is 22.0. The monoisotopic (exact) mass is 523 g/mol. The normalized spacial score (nSPS) is 14.4. The van der Waals surface area contributed by atoms with Crippen LogP contribution in [0.1, 0.15) is 16.7 Å². The van der Waals surface area contributed by atoms with Gasteiger partial charge in [-0.15, -0.1) is 0 Å². The summed E-state index contributed by atoms with van der Waals surface area (Å²) in [5, 5.41) is 4.92. The van der Waals surface area contributed by atoms with Crippen molar-refractivity contribution in [3.05, 3.63) is 119 Å². The summed E-state index contributed by atoms with van der Waals surface area (Å²) in [5.74, 6) is 0.675. The maximum atomic E-state index is 13.4. The van der Waals surface area contributed by atoms with E-state index in [4.69, 9.17) is 22.1 Å². The molecule has 0 radical (unpaired) electrons. The number of benzene rings is 3. The van der Waals surface area contributed by atoms with Gasteiger partial charge in [0.05, 0.1) is 17.1 Å². The molecule has 0 saturated carbocycles. The molecule has 0 spiro atoms. The standard InChI is InChI=1S/C30H25N3O2S2/c1-3-16-35-25-14-15-26(21(2)17-25)28-23(20-33(31-28)24-12-8-5-9-13-24)18-27-29(34)32(30(36)37-27)19-22-10-6-4-7-11-22/h3-15,17-18,20H,1,16,19H2,2H3/b27-18+. The lowest BCUT2D eigenvalue weighted by Gasteiger charge is -2.14. The number of thioether (sulfide) groups is 1. The van der Waals surface area contributed by atoms with Crippen LogP contribution in [-0.4, -0.2) is 31.5 Å². The molecule has 1 fully saturated rings. The number of aryl methyl sites for hydroxylation is 1. The molecule has 0 bridgehead atoms. The summed E-state index contributed by atoms with van der Waals surface area (Å²) in [4.78, 5) is 15.6. The van der Waals surface area contributed by atoms with Crippen molar-refractivity contribution >= 4 is 40.3 Å². The average Bonchev–Trinajstić information content (AvgIpc) is 3.45. The van der Waals surface area contributed by atoms with Crippen LogP contribution in [0.15, 0.2) is 103 Å². The fourth-order valence-electron chi connectivity index (χ4n) is 4.11. The Labute approximate surface area is 226 Å². The first-order chi connectivity index (χ1) is 18.0. The van der Waals surface area contributed by atoms with Crippen LogP contribution in [0.3, 0.4) is 0 Å². The van der Waals surface area contributed by atoms with E-state index in [1.54, 1.807) is 11.0 Å². The van der Waals surface area contributed by atoms with Gasteiger partial charge >= 0.3 is 0 Å². The number of aromatic nitrogens is 2. The number of nitrogens with zero attached hydrogens (tertiary/aromatic N) is 3. The number of carbonyl (C=O) groups excluding carboxylic acids is 1. The first-order valence-electron chi connectivity index (χ1n) is 11.8. The van der Waals surface area contributed by atoms with Crippen molar-refractivity contribution in [2.24, 2.45) is 0 Å². The molecular formula is C30H25N3O2S2. The lowest BCUT2D eigenvalue weighted by atomic mass is 10.0. The summed E-state index contributed by atoms with van der Waals surface area (Å²) in [7, 11) is 0. The lowest BCUT2D eigenvalue weighted by Crippen LogP contribution is -2.27. The maximum Gasteiger partial charge on any atom is 0.266 e. The third kappa shape index (κ3) is 5.43. The quantitative estimate of drug-likeness (QED) is 0.144. The highest BCUT2D eigenvalue weighted by Crippen LogP contribution is 2.36. The summed E-state index contributed by atoms with van der Waals surface area (Å²) >= 11 is 6.90. The van der Waals surface area contributed by atoms with Gasteiger partial charge in [-0.25, -0.2) is 4.68 Å². The summed E-state index contributed by atoms with van der Waals surface area (Å²) in [6.07, 6.45) is 5.57. The SMILES string of the molecule is C=CCOc1ccc(-c2nn(-c3ccccc3)cc2/C=C2/SC(=S)N(Cc3ccccc3)C2=O)c(C)c1. The van der Waals surface area contributed by atoms with Crippen LogP contribution >= 0.6 is 24.0 Å². The zero-order valence-electron chi connectivity index (χ0n) is 20.3. The Morgan fingerprint density at radius 1 is 1.05 bits per heavy atom. The van der Waals surface area contributed by atoms with Crippen LogP contribution in [0.4, 0.5) is 0 Å². The van der Waals surface area contributed by atoms with E-state index in [2.05, 4.69) is 6.58 Å². The summed E-state index contributed by atoms with van der Waals surface area (Å²) in [5.41, 5.74) is 5.57. The van der Waals surface area contributed by atoms with Gasteiger partial charge in [-0.05, 0) is 54.5 Å². The second kappa shape index (κ2) is 11.0. The lowest BCUT2D eigenvalue weighted by molar-refractivity contribution is -0.122. The fraction of sp³-hybridized carbons (Fsp3) is 0.100. The van der Waals surface area contributed by atoms with Crippen LogP contribution in [-0.2, 0) is 11.3 Å². The van der Waals surface area contributed by atoms with Crippen LogP contribution in [0, 0.1) is 6.92 Å². The largest absolute Gasteiger partial charge is 0.490 e. The molecule has 1 aliphatic rings. The van der Waals surface area contributed by atoms with E-state index in [9.17, 15) is 4.79 Å². The molecule has 1 aliphatic heterocycles. The summed E-state index contributed by atoms with van der Waals surface area (Å²) in [6.45, 7) is 6.63. The number of hydrogen-bond acceptors (Lipinski definition) is 5. The second-order valence-corrected chi connectivity index (χ2v) is 10.2. The van der Waals surface area contributed by atoms with Gasteiger partial charge in [0.15, 0.2) is 0 Å². The highest BCUT2D eigenvalue weighted by Gasteiger charge is 2.32. The van der Waals surface area contributed by atoms with Gasteiger partial charge in [0.25, 0.3) is 5.91 Å². The number of hydrogen-bond donors (Lipinski definition) is 0. The van der Waals surface area contributed by atoms with Crippen molar-refractivity contribution in [2.75, 3.05) is 6.61 Å². The van der Waals surface area contributed by atoms with Crippen LogP contribution < -0.4 is 4.74 Å². The minimum absolute atomic E-state index is 0.0952. The Bertz CT molecular complexity index is 1490. The Balaban J connectivity index is 1.53. The molecule has 37 heavy (non-hydrogen) atoms. The predicted octanol–water partition coefficient (Wildman–Crippen LogP) is 6.81. The Morgan fingerprint density at radius 2 is 1.78 bits per heavy atom. The van der Waals surface area contributed by atoms with Gasteiger partial charge in [0.2, 0.25) is 0 Å². The van der Waals surface area contributed by atoms with Crippen LogP contribution in [0.2, 0.25) is 0 Å². The van der Waals surface area contributed by atoms with Gasteiger partial charge in [0.1, 0.15) is 22.4 Å². The minimum atomic E-state index is -0.0952. The van der Waals surface area contributed by atoms with Crippen LogP contribution in [0.5, 0.6) is 5.75 Å². The van der Waals surface area contributed by atoms with Crippen LogP contribution in [0.25, 0.3) is 23.0 Å². The molecule has 4 aromatic rings. The number of para-hydroxylation sites is 1. The molecule has 2 heterocycles. The molecule has 184 valence electrons. The number of thiocarbonyl (C=S) groups is 1. The van der Waals surface area contributed by atoms with E-state index >= 15 is 0 Å². The molecule has 1 aromatic heterocycles. The molecule has 0 aliphatic carbocycles. The van der Waals surface area contributed by atoms with Crippen molar-refractivity contribution in [3.63, 3.8) is 0 Å². The molecule has 0 atom stereocenters. The minimum Gasteiger partial charge on any atom is -0.490 e. The number of carbonyl (C=O) groups is 1. The van der Waals surface area contributed by atoms with Crippen molar-refractivity contribution in [1.82, 2.24) is 14.7 Å². The molecular weight excluding hydrogens is 498 g/mol. The predicted molar refractivity (Wildman–Crippen MR) is 155 cm³/mol. The summed E-state index contributed by atoms with van der Waals surface area (Å²) < 4.78 is 8.10. The van der Waals surface area contributed by atoms with Gasteiger partial charge < -0.3 is 4.74 Å². The van der Waals surface area contributed by atoms with Crippen molar-refractivity contribution in [3.8, 4) is 22.7 Å². The van der Waals surface area contributed by atoms with E-state index in [0.29, 0.717) is 22.4 Å². The molecule has 7 heteroatoms. The van der Waals surface area contributed by atoms with E-state index < -0.39 is 0 Å². The molecule has 3 aromatic carbocycles. The average molecular weight is 524 g/mol. The second-order valence-electron chi connectivity index (χ2n) is 8.54. The van der Waals surface area contributed by atoms with Gasteiger partial charge in [-0.2, -0.15) is 5.10 Å². The number of amides is 1. The molecule has 1 amide bonds. The third-order valence-electron chi connectivity index (χ3n) is 5.93. The van der Waals surface area contributed by atoms with Crippen molar-refractivity contribution in [2.45, 2.75) is 13.5 Å². The topological polar surface area (TPSA) is 47.4 Å². The molecule has 0 N–H and O–H groups in total. The van der Waals surface area contributed by atoms with Gasteiger partial charge in [0, 0.05) is 17.3 Å². The summed E-state index contributed by atoms with van der Waals surface area (Å²) in [6, 6.07) is 25.7. The zero-order chi connectivity index (χ0) is 25.8. The molecule has 5 rings (SSSR count). The third-order valence-corrected chi connectivity index (χ3v) is 7.31. The molecule has 0 unspecified atom stereocenters. The Hall–Kier alpha value is -3.94. The number of rotatable bonds is 8. The van der Waals surface area contributed by atoms with Crippen molar-refractivity contribution < 1.29 is 9.53 Å². The van der Waals surface area contributed by atoms with E-state index in [1.165, 1.54) is 11.8 Å². The van der Waals surface area contributed by atoms with E-state index in [1.807, 2.05) is 103 Å².